The van der Waals surface area contributed by atoms with E-state index in [0.717, 1.165) is 46.2 Å². The van der Waals surface area contributed by atoms with Crippen LogP contribution in [0.1, 0.15) is 56.3 Å². The van der Waals surface area contributed by atoms with Crippen LogP contribution in [0.4, 0.5) is 0 Å². The summed E-state index contributed by atoms with van der Waals surface area (Å²) in [5, 5.41) is 10.4. The summed E-state index contributed by atoms with van der Waals surface area (Å²) in [4.78, 5) is 22.6. The maximum absolute atomic E-state index is 13.1. The van der Waals surface area contributed by atoms with E-state index >= 15 is 0 Å². The first kappa shape index (κ1) is 22.3. The highest BCUT2D eigenvalue weighted by Crippen LogP contribution is 2.45. The Balaban J connectivity index is 1.60. The van der Waals surface area contributed by atoms with Gasteiger partial charge >= 0.3 is 5.76 Å². The Morgan fingerprint density at radius 1 is 1.22 bits per heavy atom. The molecule has 0 spiro atoms. The van der Waals surface area contributed by atoms with Crippen LogP contribution in [0, 0.1) is 17.2 Å². The Morgan fingerprint density at radius 3 is 2.75 bits per heavy atom. The summed E-state index contributed by atoms with van der Waals surface area (Å²) in [6.45, 7) is 6.16. The second-order valence-electron chi connectivity index (χ2n) is 9.68. The Hall–Kier alpha value is -4.18. The lowest BCUT2D eigenvalue weighted by Gasteiger charge is -2.40. The lowest BCUT2D eigenvalue weighted by Crippen LogP contribution is -2.35. The average molecular weight is 479 g/mol. The maximum Gasteiger partial charge on any atom is 0.420 e. The third kappa shape index (κ3) is 3.14. The topological polar surface area (TPSA) is 93.4 Å². The van der Waals surface area contributed by atoms with E-state index in [4.69, 9.17) is 14.1 Å². The zero-order chi connectivity index (χ0) is 25.1. The molecule has 1 aliphatic heterocycles. The van der Waals surface area contributed by atoms with Gasteiger partial charge in [-0.3, -0.25) is 14.5 Å². The molecular weight excluding hydrogens is 452 g/mol. The highest BCUT2D eigenvalue weighted by Gasteiger charge is 2.37. The van der Waals surface area contributed by atoms with Gasteiger partial charge in [-0.1, -0.05) is 23.8 Å². The van der Waals surface area contributed by atoms with Gasteiger partial charge in [-0.25, -0.2) is 4.79 Å². The van der Waals surface area contributed by atoms with E-state index in [1.165, 1.54) is 5.57 Å². The molecule has 3 heterocycles. The molecule has 3 atom stereocenters. The van der Waals surface area contributed by atoms with E-state index in [9.17, 15) is 10.1 Å². The smallest absolute Gasteiger partial charge is 0.420 e. The van der Waals surface area contributed by atoms with Gasteiger partial charge in [0.15, 0.2) is 5.58 Å². The fourth-order valence-electron chi connectivity index (χ4n) is 5.90. The SMILES string of the molecule is COc1cc2c(cc1C1=C(C)C3CCC3N=C1C)ncc1oc(=O)n([C@H](C)c3ccccc3C#N)c12. The summed E-state index contributed by atoms with van der Waals surface area (Å²) >= 11 is 0. The quantitative estimate of drug-likeness (QED) is 0.377. The maximum atomic E-state index is 13.1. The second-order valence-corrected chi connectivity index (χ2v) is 9.68. The molecule has 0 N–H and O–H groups in total. The van der Waals surface area contributed by atoms with Gasteiger partial charge in [-0.05, 0) is 57.4 Å². The second kappa shape index (κ2) is 8.20. The Morgan fingerprint density at radius 2 is 2.03 bits per heavy atom. The molecule has 7 nitrogen and oxygen atoms in total. The number of nitrogens with zero attached hydrogens (tertiary/aromatic N) is 4. The first-order valence-electron chi connectivity index (χ1n) is 12.2. The fraction of sp³-hybridized carbons (Fsp3) is 0.310. The van der Waals surface area contributed by atoms with Gasteiger partial charge < -0.3 is 9.15 Å². The fourth-order valence-corrected chi connectivity index (χ4v) is 5.90. The molecule has 2 unspecified atom stereocenters. The summed E-state index contributed by atoms with van der Waals surface area (Å²) in [5.41, 5.74) is 7.49. The van der Waals surface area contributed by atoms with Crippen molar-refractivity contribution >= 4 is 33.3 Å². The van der Waals surface area contributed by atoms with Gasteiger partial charge in [0, 0.05) is 28.2 Å². The number of ether oxygens (including phenoxy) is 1. The summed E-state index contributed by atoms with van der Waals surface area (Å²) in [5.74, 6) is 0.691. The summed E-state index contributed by atoms with van der Waals surface area (Å²) in [7, 11) is 1.66. The molecule has 1 saturated carbocycles. The molecular formula is C29H26N4O3. The molecule has 2 aromatic carbocycles. The van der Waals surface area contributed by atoms with Crippen molar-refractivity contribution in [2.45, 2.75) is 45.7 Å². The number of oxazole rings is 1. The van der Waals surface area contributed by atoms with Crippen LogP contribution in [0.25, 0.3) is 27.6 Å². The number of allylic oxidation sites excluding steroid dienone is 1. The number of hydrogen-bond acceptors (Lipinski definition) is 6. The first-order valence-corrected chi connectivity index (χ1v) is 12.2. The monoisotopic (exact) mass is 478 g/mol. The Labute approximate surface area is 208 Å². The zero-order valence-corrected chi connectivity index (χ0v) is 20.7. The van der Waals surface area contributed by atoms with Gasteiger partial charge in [-0.2, -0.15) is 5.26 Å². The predicted octanol–water partition coefficient (Wildman–Crippen LogP) is 5.66. The molecule has 4 aromatic rings. The number of hydrogen-bond donors (Lipinski definition) is 0. The number of rotatable bonds is 4. The molecule has 36 heavy (non-hydrogen) atoms. The molecule has 2 aliphatic rings. The van der Waals surface area contributed by atoms with Crippen LogP contribution in [-0.4, -0.2) is 28.4 Å². The number of aliphatic imine (C=N–C) groups is 1. The van der Waals surface area contributed by atoms with Crippen molar-refractivity contribution in [3.05, 3.63) is 75.4 Å². The standard InChI is InChI=1S/C29H26N4O3/c1-15-19-9-10-23(19)32-16(2)27(15)22-11-24-21(12-25(22)35-4)28-26(14-31-24)36-29(34)33(28)17(3)20-8-6-5-7-18(20)13-30/h5-8,11-12,14,17,19,23H,9-10H2,1-4H3/t17-,19?,23?/m1/s1. The number of methoxy groups -OCH3 is 1. The Bertz CT molecular complexity index is 1720. The van der Waals surface area contributed by atoms with Gasteiger partial charge in [0.2, 0.25) is 0 Å². The molecule has 1 fully saturated rings. The van der Waals surface area contributed by atoms with Crippen molar-refractivity contribution in [1.82, 2.24) is 9.55 Å². The number of dihydropyridines is 1. The molecule has 1 aliphatic carbocycles. The third-order valence-corrected chi connectivity index (χ3v) is 7.86. The largest absolute Gasteiger partial charge is 0.496 e. The Kier molecular flexibility index (Phi) is 5.08. The van der Waals surface area contributed by atoms with Crippen molar-refractivity contribution in [2.24, 2.45) is 10.9 Å². The minimum Gasteiger partial charge on any atom is -0.496 e. The van der Waals surface area contributed by atoms with E-state index in [1.54, 1.807) is 23.9 Å². The highest BCUT2D eigenvalue weighted by atomic mass is 16.5. The molecule has 6 rings (SSSR count). The molecule has 2 aromatic heterocycles. The molecule has 180 valence electrons. The van der Waals surface area contributed by atoms with E-state index in [1.807, 2.05) is 37.3 Å². The molecule has 0 amide bonds. The van der Waals surface area contributed by atoms with Crippen LogP contribution in [0.5, 0.6) is 5.75 Å². The van der Waals surface area contributed by atoms with Gasteiger partial charge in [-0.15, -0.1) is 0 Å². The average Bonchev–Trinajstić information content (AvgIpc) is 3.21. The number of fused-ring (bicyclic) bond motifs is 4. The van der Waals surface area contributed by atoms with Crippen molar-refractivity contribution in [2.75, 3.05) is 7.11 Å². The van der Waals surface area contributed by atoms with Crippen LogP contribution in [-0.2, 0) is 0 Å². The van der Waals surface area contributed by atoms with E-state index in [-0.39, 0.29) is 0 Å². The highest BCUT2D eigenvalue weighted by molar-refractivity contribution is 6.25. The minimum absolute atomic E-state index is 0.395. The van der Waals surface area contributed by atoms with E-state index in [0.29, 0.717) is 34.4 Å². The van der Waals surface area contributed by atoms with Crippen molar-refractivity contribution in [3.8, 4) is 11.8 Å². The third-order valence-electron chi connectivity index (χ3n) is 7.86. The van der Waals surface area contributed by atoms with E-state index in [2.05, 4.69) is 24.9 Å². The number of aromatic nitrogens is 2. The van der Waals surface area contributed by atoms with Crippen LogP contribution < -0.4 is 10.5 Å². The molecule has 0 saturated heterocycles. The van der Waals surface area contributed by atoms with Crippen molar-refractivity contribution < 1.29 is 9.15 Å². The van der Waals surface area contributed by atoms with Crippen LogP contribution in [0.3, 0.4) is 0 Å². The normalized spacial score (nSPS) is 20.0. The van der Waals surface area contributed by atoms with E-state index < -0.39 is 11.8 Å². The molecule has 0 bridgehead atoms. The summed E-state index contributed by atoms with van der Waals surface area (Å²) in [6, 6.07) is 13.5. The number of benzene rings is 2. The predicted molar refractivity (Wildman–Crippen MR) is 140 cm³/mol. The molecule has 0 radical (unpaired) electrons. The lowest BCUT2D eigenvalue weighted by atomic mass is 9.70. The van der Waals surface area contributed by atoms with Crippen LogP contribution in [0.15, 0.2) is 62.4 Å². The minimum atomic E-state index is -0.493. The van der Waals surface area contributed by atoms with Gasteiger partial charge in [0.25, 0.3) is 0 Å². The molecule has 7 heteroatoms. The van der Waals surface area contributed by atoms with Crippen molar-refractivity contribution in [1.29, 1.82) is 5.26 Å². The van der Waals surface area contributed by atoms with Crippen LogP contribution >= 0.6 is 0 Å². The van der Waals surface area contributed by atoms with Gasteiger partial charge in [0.1, 0.15) is 11.3 Å². The lowest BCUT2D eigenvalue weighted by molar-refractivity contribution is 0.301. The zero-order valence-electron chi connectivity index (χ0n) is 20.7. The van der Waals surface area contributed by atoms with Gasteiger partial charge in [0.05, 0.1) is 42.5 Å². The summed E-state index contributed by atoms with van der Waals surface area (Å²) < 4.78 is 13.1. The summed E-state index contributed by atoms with van der Waals surface area (Å²) in [6.07, 6.45) is 3.90. The van der Waals surface area contributed by atoms with Crippen LogP contribution in [0.2, 0.25) is 0 Å². The first-order chi connectivity index (χ1) is 17.4. The van der Waals surface area contributed by atoms with Crippen molar-refractivity contribution in [3.63, 3.8) is 0 Å². The number of nitriles is 1. The number of pyridine rings is 1.